The molecular formula is C12H19N3O2. The van der Waals surface area contributed by atoms with E-state index in [9.17, 15) is 9.59 Å². The Bertz CT molecular complexity index is 440. The van der Waals surface area contributed by atoms with E-state index < -0.39 is 0 Å². The molecule has 0 saturated carbocycles. The van der Waals surface area contributed by atoms with Crippen molar-refractivity contribution < 1.29 is 4.79 Å². The van der Waals surface area contributed by atoms with Crippen LogP contribution >= 0.6 is 0 Å². The Balaban J connectivity index is 2.72. The van der Waals surface area contributed by atoms with Crippen LogP contribution in [0.15, 0.2) is 16.9 Å². The van der Waals surface area contributed by atoms with E-state index in [0.29, 0.717) is 6.54 Å². The van der Waals surface area contributed by atoms with E-state index in [0.717, 1.165) is 18.7 Å². The summed E-state index contributed by atoms with van der Waals surface area (Å²) in [5, 5.41) is 3.01. The van der Waals surface area contributed by atoms with E-state index in [1.54, 1.807) is 31.0 Å². The average Bonchev–Trinajstić information content (AvgIpc) is 2.28. The molecule has 1 rings (SSSR count). The minimum Gasteiger partial charge on any atom is -0.341 e. The zero-order valence-corrected chi connectivity index (χ0v) is 10.5. The molecule has 1 heterocycles. The fourth-order valence-electron chi connectivity index (χ4n) is 1.54. The summed E-state index contributed by atoms with van der Waals surface area (Å²) in [6, 6.07) is 3.31. The summed E-state index contributed by atoms with van der Waals surface area (Å²) < 4.78 is 0. The number of amides is 1. The fourth-order valence-corrected chi connectivity index (χ4v) is 1.54. The Hall–Kier alpha value is -1.62. The van der Waals surface area contributed by atoms with Gasteiger partial charge < -0.3 is 15.2 Å². The van der Waals surface area contributed by atoms with Crippen LogP contribution in [0.4, 0.5) is 0 Å². The summed E-state index contributed by atoms with van der Waals surface area (Å²) in [7, 11) is 3.57. The standard InChI is InChI=1S/C12H19N3O2/c1-9-5-6-10(11(16)14-9)12(17)15(3)8-4-7-13-2/h5-6,13H,4,7-8H2,1-3H3,(H,14,16). The van der Waals surface area contributed by atoms with Gasteiger partial charge in [0.1, 0.15) is 5.56 Å². The molecule has 94 valence electrons. The molecule has 0 fully saturated rings. The molecule has 0 aliphatic rings. The number of hydrogen-bond donors (Lipinski definition) is 2. The van der Waals surface area contributed by atoms with Crippen LogP contribution in [0.1, 0.15) is 22.5 Å². The van der Waals surface area contributed by atoms with Crippen molar-refractivity contribution in [2.75, 3.05) is 27.2 Å². The minimum absolute atomic E-state index is 0.197. The summed E-state index contributed by atoms with van der Waals surface area (Å²) in [5.74, 6) is -0.234. The molecule has 17 heavy (non-hydrogen) atoms. The van der Waals surface area contributed by atoms with Crippen LogP contribution < -0.4 is 10.9 Å². The first kappa shape index (κ1) is 13.4. The van der Waals surface area contributed by atoms with Gasteiger partial charge in [-0.15, -0.1) is 0 Å². The van der Waals surface area contributed by atoms with Crippen molar-refractivity contribution in [3.63, 3.8) is 0 Å². The number of hydrogen-bond acceptors (Lipinski definition) is 3. The van der Waals surface area contributed by atoms with Crippen molar-refractivity contribution in [3.05, 3.63) is 33.7 Å². The molecule has 0 atom stereocenters. The van der Waals surface area contributed by atoms with Gasteiger partial charge in [-0.3, -0.25) is 9.59 Å². The topological polar surface area (TPSA) is 65.2 Å². The molecule has 0 unspecified atom stereocenters. The summed E-state index contributed by atoms with van der Waals surface area (Å²) in [6.45, 7) is 3.27. The number of pyridine rings is 1. The Morgan fingerprint density at radius 1 is 1.47 bits per heavy atom. The molecule has 5 heteroatoms. The van der Waals surface area contributed by atoms with Crippen molar-refractivity contribution in [1.29, 1.82) is 0 Å². The van der Waals surface area contributed by atoms with E-state index >= 15 is 0 Å². The van der Waals surface area contributed by atoms with Crippen molar-refractivity contribution in [2.45, 2.75) is 13.3 Å². The first-order chi connectivity index (χ1) is 8.06. The molecule has 0 bridgehead atoms. The lowest BCUT2D eigenvalue weighted by Gasteiger charge is -2.16. The number of nitrogens with zero attached hydrogens (tertiary/aromatic N) is 1. The zero-order chi connectivity index (χ0) is 12.8. The molecule has 0 aromatic carbocycles. The lowest BCUT2D eigenvalue weighted by Crippen LogP contribution is -2.33. The molecule has 1 aromatic rings. The maximum atomic E-state index is 12.0. The van der Waals surface area contributed by atoms with Crippen LogP contribution in [0.3, 0.4) is 0 Å². The normalized spacial score (nSPS) is 10.3. The maximum absolute atomic E-state index is 12.0. The third-order valence-corrected chi connectivity index (χ3v) is 2.55. The van der Waals surface area contributed by atoms with Gasteiger partial charge >= 0.3 is 0 Å². The second-order valence-electron chi connectivity index (χ2n) is 4.07. The molecule has 5 nitrogen and oxygen atoms in total. The van der Waals surface area contributed by atoms with Gasteiger partial charge in [0, 0.05) is 19.3 Å². The second-order valence-corrected chi connectivity index (χ2v) is 4.07. The van der Waals surface area contributed by atoms with Gasteiger partial charge in [0.05, 0.1) is 0 Å². The van der Waals surface area contributed by atoms with Gasteiger partial charge in [-0.05, 0) is 39.1 Å². The molecular weight excluding hydrogens is 218 g/mol. The van der Waals surface area contributed by atoms with Crippen LogP contribution in [0, 0.1) is 6.92 Å². The Kier molecular flexibility index (Phi) is 4.90. The van der Waals surface area contributed by atoms with E-state index in [-0.39, 0.29) is 17.0 Å². The minimum atomic E-state index is -0.324. The Morgan fingerprint density at radius 3 is 2.76 bits per heavy atom. The third-order valence-electron chi connectivity index (χ3n) is 2.55. The molecule has 0 spiro atoms. The lowest BCUT2D eigenvalue weighted by molar-refractivity contribution is 0.0792. The number of aromatic nitrogens is 1. The highest BCUT2D eigenvalue weighted by molar-refractivity contribution is 5.93. The largest absolute Gasteiger partial charge is 0.341 e. The molecule has 1 aromatic heterocycles. The summed E-state index contributed by atoms with van der Waals surface area (Å²) in [5.41, 5.74) is 0.627. The molecule has 0 radical (unpaired) electrons. The molecule has 0 saturated heterocycles. The quantitative estimate of drug-likeness (QED) is 0.727. The molecule has 0 aliphatic heterocycles. The second kappa shape index (κ2) is 6.20. The predicted molar refractivity (Wildman–Crippen MR) is 67.3 cm³/mol. The highest BCUT2D eigenvalue weighted by Gasteiger charge is 2.14. The predicted octanol–water partition coefficient (Wildman–Crippen LogP) is 0.365. The van der Waals surface area contributed by atoms with E-state index in [4.69, 9.17) is 0 Å². The first-order valence-corrected chi connectivity index (χ1v) is 5.66. The third kappa shape index (κ3) is 3.71. The van der Waals surface area contributed by atoms with Crippen LogP contribution in [0.2, 0.25) is 0 Å². The van der Waals surface area contributed by atoms with E-state index in [1.807, 2.05) is 7.05 Å². The summed E-state index contributed by atoms with van der Waals surface area (Å²) in [4.78, 5) is 27.8. The Morgan fingerprint density at radius 2 is 2.18 bits per heavy atom. The number of carbonyl (C=O) groups excluding carboxylic acids is 1. The van der Waals surface area contributed by atoms with Crippen LogP contribution in [-0.2, 0) is 0 Å². The lowest BCUT2D eigenvalue weighted by atomic mass is 10.2. The van der Waals surface area contributed by atoms with Crippen molar-refractivity contribution in [1.82, 2.24) is 15.2 Å². The SMILES string of the molecule is CNCCCN(C)C(=O)c1ccc(C)[nH]c1=O. The molecule has 2 N–H and O–H groups in total. The van der Waals surface area contributed by atoms with Gasteiger partial charge in [-0.2, -0.15) is 0 Å². The number of aromatic amines is 1. The maximum Gasteiger partial charge on any atom is 0.260 e. The number of aryl methyl sites for hydroxylation is 1. The summed E-state index contributed by atoms with van der Waals surface area (Å²) >= 11 is 0. The zero-order valence-electron chi connectivity index (χ0n) is 10.5. The number of carbonyl (C=O) groups is 1. The van der Waals surface area contributed by atoms with Crippen molar-refractivity contribution in [3.8, 4) is 0 Å². The van der Waals surface area contributed by atoms with Crippen LogP contribution in [0.5, 0.6) is 0 Å². The monoisotopic (exact) mass is 237 g/mol. The van der Waals surface area contributed by atoms with Gasteiger partial charge in [0.25, 0.3) is 11.5 Å². The van der Waals surface area contributed by atoms with Crippen molar-refractivity contribution in [2.24, 2.45) is 0 Å². The average molecular weight is 237 g/mol. The van der Waals surface area contributed by atoms with Gasteiger partial charge in [0.15, 0.2) is 0 Å². The van der Waals surface area contributed by atoms with Crippen LogP contribution in [0.25, 0.3) is 0 Å². The van der Waals surface area contributed by atoms with Gasteiger partial charge in [-0.1, -0.05) is 0 Å². The Labute approximate surface area is 101 Å². The van der Waals surface area contributed by atoms with Crippen LogP contribution in [-0.4, -0.2) is 43.0 Å². The molecule has 1 amide bonds. The number of rotatable bonds is 5. The van der Waals surface area contributed by atoms with E-state index in [1.165, 1.54) is 0 Å². The van der Waals surface area contributed by atoms with Gasteiger partial charge in [-0.25, -0.2) is 0 Å². The number of H-pyrrole nitrogens is 1. The summed E-state index contributed by atoms with van der Waals surface area (Å²) in [6.07, 6.45) is 0.864. The number of nitrogens with one attached hydrogen (secondary N) is 2. The fraction of sp³-hybridized carbons (Fsp3) is 0.500. The highest BCUT2D eigenvalue weighted by Crippen LogP contribution is 1.99. The van der Waals surface area contributed by atoms with E-state index in [2.05, 4.69) is 10.3 Å². The smallest absolute Gasteiger partial charge is 0.260 e. The van der Waals surface area contributed by atoms with Gasteiger partial charge in [0.2, 0.25) is 0 Å². The molecule has 0 aliphatic carbocycles. The highest BCUT2D eigenvalue weighted by atomic mass is 16.2. The van der Waals surface area contributed by atoms with Crippen molar-refractivity contribution >= 4 is 5.91 Å². The first-order valence-electron chi connectivity index (χ1n) is 5.66.